The summed E-state index contributed by atoms with van der Waals surface area (Å²) in [7, 11) is 3.10. The van der Waals surface area contributed by atoms with Gasteiger partial charge in [-0.15, -0.1) is 0 Å². The van der Waals surface area contributed by atoms with Gasteiger partial charge in [0.15, 0.2) is 11.5 Å². The van der Waals surface area contributed by atoms with E-state index in [-0.39, 0.29) is 12.0 Å². The molecule has 1 saturated heterocycles. The quantitative estimate of drug-likeness (QED) is 0.513. The molecule has 1 atom stereocenters. The summed E-state index contributed by atoms with van der Waals surface area (Å²) in [6, 6.07) is 13.1. The number of rotatable bonds is 7. The number of methoxy groups -OCH3 is 2. The summed E-state index contributed by atoms with van der Waals surface area (Å²) in [6.07, 6.45) is 2.10. The van der Waals surface area contributed by atoms with Gasteiger partial charge in [0.1, 0.15) is 0 Å². The molecule has 0 saturated carbocycles. The third kappa shape index (κ3) is 6.21. The number of nitrogens with one attached hydrogen (secondary N) is 2. The van der Waals surface area contributed by atoms with Crippen LogP contribution in [0.15, 0.2) is 47.5 Å². The van der Waals surface area contributed by atoms with Gasteiger partial charge < -0.3 is 19.5 Å². The van der Waals surface area contributed by atoms with Gasteiger partial charge in [0.2, 0.25) is 5.96 Å². The van der Waals surface area contributed by atoms with Gasteiger partial charge >= 0.3 is 0 Å². The first-order valence-electron chi connectivity index (χ1n) is 10.6. The van der Waals surface area contributed by atoms with E-state index in [4.69, 9.17) is 14.2 Å². The Bertz CT molecular complexity index is 904. The lowest BCUT2D eigenvalue weighted by atomic mass is 10.0. The Labute approximate surface area is 183 Å². The van der Waals surface area contributed by atoms with Crippen molar-refractivity contribution in [2.24, 2.45) is 4.99 Å². The number of hydrogen-bond acceptors (Lipinski definition) is 5. The van der Waals surface area contributed by atoms with Crippen LogP contribution >= 0.6 is 0 Å². The fourth-order valence-electron chi connectivity index (χ4n) is 3.34. The molecule has 0 spiro atoms. The number of hydrogen-bond donors (Lipinski definition) is 2. The number of nitrogens with zero attached hydrogens (tertiary/aromatic N) is 1. The molecule has 7 heteroatoms. The molecule has 2 N–H and O–H groups in total. The van der Waals surface area contributed by atoms with E-state index in [0.29, 0.717) is 35.5 Å². The zero-order valence-electron chi connectivity index (χ0n) is 18.6. The minimum Gasteiger partial charge on any atom is -0.493 e. The Morgan fingerprint density at radius 3 is 2.48 bits per heavy atom. The predicted molar refractivity (Wildman–Crippen MR) is 122 cm³/mol. The second kappa shape index (κ2) is 10.8. The average Bonchev–Trinajstić information content (AvgIpc) is 3.31. The second-order valence-electron chi connectivity index (χ2n) is 7.75. The summed E-state index contributed by atoms with van der Waals surface area (Å²) in [5, 5.41) is 6.11. The lowest BCUT2D eigenvalue weighted by Gasteiger charge is -2.15. The molecule has 0 bridgehead atoms. The molecule has 1 aliphatic heterocycles. The molecule has 1 fully saturated rings. The minimum atomic E-state index is -0.293. The zero-order chi connectivity index (χ0) is 22.2. The van der Waals surface area contributed by atoms with Gasteiger partial charge in [-0.2, -0.15) is 0 Å². The highest BCUT2D eigenvalue weighted by Gasteiger charge is 2.17. The number of carbonyl (C=O) groups is 1. The number of anilines is 1. The Kier molecular flexibility index (Phi) is 7.89. The van der Waals surface area contributed by atoms with E-state index in [0.717, 1.165) is 25.1 Å². The molecule has 1 heterocycles. The highest BCUT2D eigenvalue weighted by molar-refractivity contribution is 6.10. The van der Waals surface area contributed by atoms with E-state index in [1.54, 1.807) is 25.3 Å². The smallest absolute Gasteiger partial charge is 0.258 e. The van der Waals surface area contributed by atoms with Gasteiger partial charge in [-0.1, -0.05) is 26.0 Å². The molecule has 2 aromatic rings. The largest absolute Gasteiger partial charge is 0.493 e. The molecule has 2 aromatic carbocycles. The van der Waals surface area contributed by atoms with Crippen LogP contribution in [0.5, 0.6) is 11.5 Å². The molecule has 0 radical (unpaired) electrons. The molecule has 0 unspecified atom stereocenters. The summed E-state index contributed by atoms with van der Waals surface area (Å²) in [5.41, 5.74) is 2.54. The highest BCUT2D eigenvalue weighted by Crippen LogP contribution is 2.27. The Morgan fingerprint density at radius 1 is 1.13 bits per heavy atom. The van der Waals surface area contributed by atoms with Crippen LogP contribution in [-0.2, 0) is 4.74 Å². The van der Waals surface area contributed by atoms with Crippen LogP contribution in [0.4, 0.5) is 5.69 Å². The van der Waals surface area contributed by atoms with Crippen molar-refractivity contribution in [1.29, 1.82) is 0 Å². The maximum atomic E-state index is 12.9. The number of benzene rings is 2. The zero-order valence-corrected chi connectivity index (χ0v) is 18.6. The summed E-state index contributed by atoms with van der Waals surface area (Å²) in [4.78, 5) is 17.5. The van der Waals surface area contributed by atoms with Crippen molar-refractivity contribution in [3.05, 3.63) is 53.6 Å². The van der Waals surface area contributed by atoms with E-state index in [1.165, 1.54) is 12.7 Å². The number of carbonyl (C=O) groups excluding carboxylic acids is 1. The maximum Gasteiger partial charge on any atom is 0.258 e. The fraction of sp³-hybridized carbons (Fsp3) is 0.417. The van der Waals surface area contributed by atoms with Crippen molar-refractivity contribution in [3.63, 3.8) is 0 Å². The first-order chi connectivity index (χ1) is 15.0. The standard InChI is InChI=1S/C24H31N3O4/c1-16(2)17-7-10-19(11-8-17)26-24(25-15-20-6-5-13-31-20)27-23(28)18-9-12-21(29-3)22(14-18)30-4/h7-12,14,16,20H,5-6,13,15H2,1-4H3,(H2,25,26,27,28)/t20-/m0/s1. The van der Waals surface area contributed by atoms with Crippen LogP contribution in [0.1, 0.15) is 48.5 Å². The topological polar surface area (TPSA) is 81.2 Å². The molecule has 0 aliphatic carbocycles. The van der Waals surface area contributed by atoms with E-state index in [9.17, 15) is 4.79 Å². The van der Waals surface area contributed by atoms with Crippen molar-refractivity contribution in [2.75, 3.05) is 32.7 Å². The summed E-state index contributed by atoms with van der Waals surface area (Å²) in [6.45, 7) is 5.55. The van der Waals surface area contributed by atoms with Crippen LogP contribution in [0, 0.1) is 0 Å². The molecule has 0 aromatic heterocycles. The Balaban J connectivity index is 1.76. The monoisotopic (exact) mass is 425 g/mol. The van der Waals surface area contributed by atoms with Crippen LogP contribution in [0.25, 0.3) is 0 Å². The lowest BCUT2D eigenvalue weighted by molar-refractivity contribution is 0.0975. The third-order valence-electron chi connectivity index (χ3n) is 5.19. The number of amides is 1. The van der Waals surface area contributed by atoms with Crippen molar-refractivity contribution in [2.45, 2.75) is 38.7 Å². The van der Waals surface area contributed by atoms with Crippen molar-refractivity contribution in [3.8, 4) is 11.5 Å². The molecular weight excluding hydrogens is 394 g/mol. The predicted octanol–water partition coefficient (Wildman–Crippen LogP) is 4.20. The van der Waals surface area contributed by atoms with Crippen molar-refractivity contribution >= 4 is 17.6 Å². The number of aliphatic imine (C=N–C) groups is 1. The van der Waals surface area contributed by atoms with Gasteiger partial charge in [0, 0.05) is 17.9 Å². The molecule has 166 valence electrons. The molecule has 1 aliphatic rings. The van der Waals surface area contributed by atoms with Crippen LogP contribution in [0.2, 0.25) is 0 Å². The van der Waals surface area contributed by atoms with Crippen molar-refractivity contribution < 1.29 is 19.0 Å². The van der Waals surface area contributed by atoms with Gasteiger partial charge in [-0.05, 0) is 54.7 Å². The Hall–Kier alpha value is -3.06. The first-order valence-corrected chi connectivity index (χ1v) is 10.6. The molecule has 1 amide bonds. The van der Waals surface area contributed by atoms with Crippen LogP contribution < -0.4 is 20.1 Å². The van der Waals surface area contributed by atoms with E-state index >= 15 is 0 Å². The number of ether oxygens (including phenoxy) is 3. The molecule has 3 rings (SSSR count). The fourth-order valence-corrected chi connectivity index (χ4v) is 3.34. The highest BCUT2D eigenvalue weighted by atomic mass is 16.5. The summed E-state index contributed by atoms with van der Waals surface area (Å²) in [5.74, 6) is 1.59. The maximum absolute atomic E-state index is 12.9. The summed E-state index contributed by atoms with van der Waals surface area (Å²) < 4.78 is 16.2. The lowest BCUT2D eigenvalue weighted by Crippen LogP contribution is -2.36. The van der Waals surface area contributed by atoms with E-state index in [2.05, 4.69) is 41.6 Å². The van der Waals surface area contributed by atoms with Gasteiger partial charge in [0.05, 0.1) is 26.9 Å². The number of guanidine groups is 1. The minimum absolute atomic E-state index is 0.0816. The SMILES string of the molecule is COc1ccc(C(=O)NC(=NC[C@@H]2CCCO2)Nc2ccc(C(C)C)cc2)cc1OC. The van der Waals surface area contributed by atoms with E-state index in [1.807, 2.05) is 12.1 Å². The summed E-state index contributed by atoms with van der Waals surface area (Å²) >= 11 is 0. The second-order valence-corrected chi connectivity index (χ2v) is 7.75. The van der Waals surface area contributed by atoms with Crippen LogP contribution in [-0.4, -0.2) is 45.3 Å². The van der Waals surface area contributed by atoms with Gasteiger partial charge in [0.25, 0.3) is 5.91 Å². The Morgan fingerprint density at radius 2 is 1.87 bits per heavy atom. The molecule has 31 heavy (non-hydrogen) atoms. The molecule has 7 nitrogen and oxygen atoms in total. The third-order valence-corrected chi connectivity index (χ3v) is 5.19. The van der Waals surface area contributed by atoms with Gasteiger partial charge in [-0.25, -0.2) is 4.99 Å². The normalized spacial score (nSPS) is 16.3. The average molecular weight is 426 g/mol. The van der Waals surface area contributed by atoms with E-state index < -0.39 is 0 Å². The van der Waals surface area contributed by atoms with Crippen LogP contribution in [0.3, 0.4) is 0 Å². The molecular formula is C24H31N3O4. The van der Waals surface area contributed by atoms with Crippen molar-refractivity contribution in [1.82, 2.24) is 5.32 Å². The first kappa shape index (κ1) is 22.6. The van der Waals surface area contributed by atoms with Gasteiger partial charge in [-0.3, -0.25) is 10.1 Å².